The van der Waals surface area contributed by atoms with Crippen molar-refractivity contribution >= 4 is 27.7 Å². The van der Waals surface area contributed by atoms with Crippen LogP contribution in [0.2, 0.25) is 0 Å². The molecule has 4 heteroatoms. The van der Waals surface area contributed by atoms with E-state index in [1.165, 1.54) is 4.90 Å². The zero-order valence-corrected chi connectivity index (χ0v) is 13.3. The van der Waals surface area contributed by atoms with E-state index in [0.717, 1.165) is 29.6 Å². The Hall–Kier alpha value is -0.500. The van der Waals surface area contributed by atoms with Gasteiger partial charge in [-0.3, -0.25) is 5.32 Å². The molecule has 0 aliphatic carbocycles. The molecular weight excluding hydrogens is 308 g/mol. The zero-order valence-electron chi connectivity index (χ0n) is 10.9. The summed E-state index contributed by atoms with van der Waals surface area (Å²) in [4.78, 5) is 1.23. The van der Waals surface area contributed by atoms with Gasteiger partial charge in [0, 0.05) is 15.1 Å². The van der Waals surface area contributed by atoms with Gasteiger partial charge in [0.05, 0.1) is 6.07 Å². The molecule has 0 fully saturated rings. The standard InChI is InChI=1S/C14H19BrN2S/c1-3-9-17-14(2,11-16)8-10-18-13-7-5-4-6-12(13)15/h4-7,17H,3,8-10H2,1-2H3. The third-order valence-electron chi connectivity index (χ3n) is 2.71. The van der Waals surface area contributed by atoms with Crippen LogP contribution in [0.25, 0.3) is 0 Å². The summed E-state index contributed by atoms with van der Waals surface area (Å²) in [6.07, 6.45) is 1.89. The molecule has 0 aliphatic rings. The lowest BCUT2D eigenvalue weighted by molar-refractivity contribution is 0.437. The fourth-order valence-corrected chi connectivity index (χ4v) is 3.25. The third kappa shape index (κ3) is 5.01. The zero-order chi connectivity index (χ0) is 13.4. The van der Waals surface area contributed by atoms with Crippen molar-refractivity contribution in [2.45, 2.75) is 37.1 Å². The molecule has 98 valence electrons. The van der Waals surface area contributed by atoms with Gasteiger partial charge in [0.15, 0.2) is 0 Å². The van der Waals surface area contributed by atoms with Crippen LogP contribution < -0.4 is 5.32 Å². The van der Waals surface area contributed by atoms with E-state index < -0.39 is 5.54 Å². The molecule has 1 unspecified atom stereocenters. The largest absolute Gasteiger partial charge is 0.300 e. The third-order valence-corrected chi connectivity index (χ3v) is 4.74. The quantitative estimate of drug-likeness (QED) is 0.762. The molecule has 1 aromatic rings. The number of hydrogen-bond acceptors (Lipinski definition) is 3. The molecule has 0 spiro atoms. The number of thioether (sulfide) groups is 1. The summed E-state index contributed by atoms with van der Waals surface area (Å²) in [7, 11) is 0. The normalized spacial score (nSPS) is 13.9. The average Bonchev–Trinajstić information content (AvgIpc) is 2.39. The molecule has 2 nitrogen and oxygen atoms in total. The molecule has 1 rings (SSSR count). The summed E-state index contributed by atoms with van der Waals surface area (Å²) < 4.78 is 1.12. The van der Waals surface area contributed by atoms with Gasteiger partial charge in [-0.05, 0) is 54.4 Å². The highest BCUT2D eigenvalue weighted by molar-refractivity contribution is 9.10. The Bertz CT molecular complexity index is 417. The molecule has 0 radical (unpaired) electrons. The summed E-state index contributed by atoms with van der Waals surface area (Å²) in [5, 5.41) is 12.5. The number of nitriles is 1. The minimum Gasteiger partial charge on any atom is -0.300 e. The second kappa shape index (κ2) is 7.83. The van der Waals surface area contributed by atoms with Gasteiger partial charge in [0.25, 0.3) is 0 Å². The maximum atomic E-state index is 9.23. The van der Waals surface area contributed by atoms with Crippen LogP contribution in [-0.4, -0.2) is 17.8 Å². The highest BCUT2D eigenvalue weighted by Crippen LogP contribution is 2.28. The van der Waals surface area contributed by atoms with E-state index >= 15 is 0 Å². The minimum atomic E-state index is -0.412. The first-order valence-corrected chi connectivity index (χ1v) is 7.93. The van der Waals surface area contributed by atoms with Crippen LogP contribution in [0.3, 0.4) is 0 Å². The van der Waals surface area contributed by atoms with E-state index in [0.29, 0.717) is 0 Å². The second-order valence-electron chi connectivity index (χ2n) is 4.40. The Morgan fingerprint density at radius 2 is 2.17 bits per heavy atom. The van der Waals surface area contributed by atoms with Crippen molar-refractivity contribution in [1.29, 1.82) is 5.26 Å². The lowest BCUT2D eigenvalue weighted by atomic mass is 10.0. The van der Waals surface area contributed by atoms with Crippen LogP contribution in [0.5, 0.6) is 0 Å². The number of nitrogens with one attached hydrogen (secondary N) is 1. The van der Waals surface area contributed by atoms with Crippen LogP contribution in [0, 0.1) is 11.3 Å². The average molecular weight is 327 g/mol. The summed E-state index contributed by atoms with van der Waals surface area (Å²) in [5.41, 5.74) is -0.412. The number of benzene rings is 1. The topological polar surface area (TPSA) is 35.8 Å². The number of hydrogen-bond donors (Lipinski definition) is 1. The summed E-state index contributed by atoms with van der Waals surface area (Å²) in [5.74, 6) is 0.934. The Labute approximate surface area is 122 Å². The summed E-state index contributed by atoms with van der Waals surface area (Å²) in [6.45, 7) is 4.98. The second-order valence-corrected chi connectivity index (χ2v) is 6.39. The van der Waals surface area contributed by atoms with E-state index in [4.69, 9.17) is 0 Å². The van der Waals surface area contributed by atoms with E-state index in [2.05, 4.69) is 40.3 Å². The van der Waals surface area contributed by atoms with Gasteiger partial charge in [0.1, 0.15) is 5.54 Å². The fraction of sp³-hybridized carbons (Fsp3) is 0.500. The predicted octanol–water partition coefficient (Wildman–Crippen LogP) is 4.21. The van der Waals surface area contributed by atoms with Gasteiger partial charge < -0.3 is 0 Å². The van der Waals surface area contributed by atoms with Crippen molar-refractivity contribution in [2.75, 3.05) is 12.3 Å². The molecule has 1 aromatic carbocycles. The smallest absolute Gasteiger partial charge is 0.104 e. The lowest BCUT2D eigenvalue weighted by Gasteiger charge is -2.22. The molecule has 0 aromatic heterocycles. The van der Waals surface area contributed by atoms with Crippen LogP contribution >= 0.6 is 27.7 Å². The van der Waals surface area contributed by atoms with E-state index in [1.54, 1.807) is 11.8 Å². The maximum Gasteiger partial charge on any atom is 0.104 e. The number of halogens is 1. The van der Waals surface area contributed by atoms with Crippen molar-refractivity contribution in [3.8, 4) is 6.07 Å². The minimum absolute atomic E-state index is 0.412. The molecule has 0 bridgehead atoms. The molecule has 0 saturated carbocycles. The Kier molecular flexibility index (Phi) is 6.77. The highest BCUT2D eigenvalue weighted by Gasteiger charge is 2.22. The first kappa shape index (κ1) is 15.6. The number of nitrogens with zero attached hydrogens (tertiary/aromatic N) is 1. The monoisotopic (exact) mass is 326 g/mol. The van der Waals surface area contributed by atoms with Gasteiger partial charge in [-0.2, -0.15) is 5.26 Å². The summed E-state index contributed by atoms with van der Waals surface area (Å²) >= 11 is 5.32. The number of rotatable bonds is 7. The van der Waals surface area contributed by atoms with Gasteiger partial charge in [-0.15, -0.1) is 11.8 Å². The Morgan fingerprint density at radius 3 is 2.78 bits per heavy atom. The first-order valence-electron chi connectivity index (χ1n) is 6.15. The molecule has 0 amide bonds. The van der Waals surface area contributed by atoms with Crippen LogP contribution in [0.15, 0.2) is 33.6 Å². The molecule has 0 aliphatic heterocycles. The van der Waals surface area contributed by atoms with Crippen molar-refractivity contribution in [1.82, 2.24) is 5.32 Å². The maximum absolute atomic E-state index is 9.23. The molecule has 18 heavy (non-hydrogen) atoms. The summed E-state index contributed by atoms with van der Waals surface area (Å²) in [6, 6.07) is 10.6. The predicted molar refractivity (Wildman–Crippen MR) is 81.8 cm³/mol. The van der Waals surface area contributed by atoms with Gasteiger partial charge in [-0.25, -0.2) is 0 Å². The van der Waals surface area contributed by atoms with Gasteiger partial charge in [0.2, 0.25) is 0 Å². The van der Waals surface area contributed by atoms with Crippen LogP contribution in [-0.2, 0) is 0 Å². The molecular formula is C14H19BrN2S. The fourth-order valence-electron chi connectivity index (χ4n) is 1.51. The molecule has 0 heterocycles. The van der Waals surface area contributed by atoms with Crippen LogP contribution in [0.4, 0.5) is 0 Å². The van der Waals surface area contributed by atoms with Crippen LogP contribution in [0.1, 0.15) is 26.7 Å². The SMILES string of the molecule is CCCNC(C)(C#N)CCSc1ccccc1Br. The Morgan fingerprint density at radius 1 is 1.44 bits per heavy atom. The molecule has 1 N–H and O–H groups in total. The highest BCUT2D eigenvalue weighted by atomic mass is 79.9. The molecule has 0 saturated heterocycles. The van der Waals surface area contributed by atoms with Gasteiger partial charge in [-0.1, -0.05) is 19.1 Å². The first-order chi connectivity index (χ1) is 8.61. The van der Waals surface area contributed by atoms with E-state index in [-0.39, 0.29) is 0 Å². The lowest BCUT2D eigenvalue weighted by Crippen LogP contribution is -2.41. The van der Waals surface area contributed by atoms with E-state index in [1.807, 2.05) is 25.1 Å². The van der Waals surface area contributed by atoms with Crippen molar-refractivity contribution < 1.29 is 0 Å². The Balaban J connectivity index is 2.45. The van der Waals surface area contributed by atoms with Crippen molar-refractivity contribution in [2.24, 2.45) is 0 Å². The van der Waals surface area contributed by atoms with E-state index in [9.17, 15) is 5.26 Å². The van der Waals surface area contributed by atoms with Crippen molar-refractivity contribution in [3.05, 3.63) is 28.7 Å². The van der Waals surface area contributed by atoms with Crippen molar-refractivity contribution in [3.63, 3.8) is 0 Å². The van der Waals surface area contributed by atoms with Gasteiger partial charge >= 0.3 is 0 Å². The molecule has 1 atom stereocenters.